The van der Waals surface area contributed by atoms with E-state index in [0.29, 0.717) is 5.95 Å². The van der Waals surface area contributed by atoms with Crippen molar-refractivity contribution in [1.29, 1.82) is 0 Å². The molecule has 1 heterocycles. The van der Waals surface area contributed by atoms with E-state index in [-0.39, 0.29) is 12.0 Å². The lowest BCUT2D eigenvalue weighted by Gasteiger charge is -2.25. The third-order valence-electron chi connectivity index (χ3n) is 3.05. The lowest BCUT2D eigenvalue weighted by molar-refractivity contribution is 0.107. The molecule has 1 aromatic rings. The maximum atomic E-state index is 9.39. The van der Waals surface area contributed by atoms with Gasteiger partial charge in [0.15, 0.2) is 0 Å². The summed E-state index contributed by atoms with van der Waals surface area (Å²) in [5, 5.41) is 13.4. The van der Waals surface area contributed by atoms with Gasteiger partial charge in [0, 0.05) is 5.41 Å². The first kappa shape index (κ1) is 9.45. The SMILES string of the molecule is Nc1ncn(CC2(CO)CCCC2)n1. The second-order valence-corrected chi connectivity index (χ2v) is 4.17. The fourth-order valence-electron chi connectivity index (χ4n) is 2.22. The normalized spacial score (nSPS) is 20.1. The zero-order valence-corrected chi connectivity index (χ0v) is 8.19. The number of nitrogens with zero attached hydrogens (tertiary/aromatic N) is 3. The van der Waals surface area contributed by atoms with Gasteiger partial charge in [-0.2, -0.15) is 0 Å². The molecule has 78 valence electrons. The first-order valence-corrected chi connectivity index (χ1v) is 5.00. The van der Waals surface area contributed by atoms with Crippen LogP contribution in [0.2, 0.25) is 0 Å². The van der Waals surface area contributed by atoms with Gasteiger partial charge in [0.2, 0.25) is 5.95 Å². The highest BCUT2D eigenvalue weighted by Crippen LogP contribution is 2.38. The Hall–Kier alpha value is -1.10. The van der Waals surface area contributed by atoms with Gasteiger partial charge in [0.25, 0.3) is 0 Å². The van der Waals surface area contributed by atoms with Crippen molar-refractivity contribution in [2.75, 3.05) is 12.3 Å². The van der Waals surface area contributed by atoms with Crippen LogP contribution < -0.4 is 5.73 Å². The second kappa shape index (κ2) is 3.57. The molecule has 0 atom stereocenters. The number of aromatic nitrogens is 3. The first-order valence-electron chi connectivity index (χ1n) is 5.00. The number of aliphatic hydroxyl groups is 1. The first-order chi connectivity index (χ1) is 6.74. The number of rotatable bonds is 3. The molecule has 0 radical (unpaired) electrons. The summed E-state index contributed by atoms with van der Waals surface area (Å²) in [4.78, 5) is 3.87. The zero-order valence-electron chi connectivity index (χ0n) is 8.19. The third kappa shape index (κ3) is 1.72. The molecular weight excluding hydrogens is 180 g/mol. The molecule has 2 rings (SSSR count). The summed E-state index contributed by atoms with van der Waals surface area (Å²) in [6, 6.07) is 0. The molecule has 3 N–H and O–H groups in total. The molecule has 0 saturated heterocycles. The molecule has 5 heteroatoms. The van der Waals surface area contributed by atoms with E-state index < -0.39 is 0 Å². The molecule has 0 spiro atoms. The van der Waals surface area contributed by atoms with E-state index in [1.165, 1.54) is 12.8 Å². The Morgan fingerprint density at radius 2 is 2.21 bits per heavy atom. The van der Waals surface area contributed by atoms with Crippen molar-refractivity contribution in [1.82, 2.24) is 14.8 Å². The molecule has 0 unspecified atom stereocenters. The Balaban J connectivity index is 2.08. The summed E-state index contributed by atoms with van der Waals surface area (Å²) in [6.07, 6.45) is 6.17. The fourth-order valence-corrected chi connectivity index (χ4v) is 2.22. The number of anilines is 1. The van der Waals surface area contributed by atoms with Gasteiger partial charge in [-0.3, -0.25) is 4.68 Å². The van der Waals surface area contributed by atoms with Crippen LogP contribution in [0.15, 0.2) is 6.33 Å². The van der Waals surface area contributed by atoms with Gasteiger partial charge < -0.3 is 10.8 Å². The topological polar surface area (TPSA) is 77.0 Å². The molecule has 0 aromatic carbocycles. The average Bonchev–Trinajstić information content (AvgIpc) is 2.77. The van der Waals surface area contributed by atoms with E-state index in [1.807, 2.05) is 0 Å². The Morgan fingerprint density at radius 1 is 1.50 bits per heavy atom. The van der Waals surface area contributed by atoms with E-state index in [0.717, 1.165) is 19.4 Å². The fraction of sp³-hybridized carbons (Fsp3) is 0.778. The summed E-state index contributed by atoms with van der Waals surface area (Å²) < 4.78 is 1.73. The van der Waals surface area contributed by atoms with Crippen LogP contribution in [-0.4, -0.2) is 26.5 Å². The molecule has 1 fully saturated rings. The molecule has 5 nitrogen and oxygen atoms in total. The van der Waals surface area contributed by atoms with Gasteiger partial charge in [-0.15, -0.1) is 5.10 Å². The number of hydrogen-bond acceptors (Lipinski definition) is 4. The molecule has 14 heavy (non-hydrogen) atoms. The van der Waals surface area contributed by atoms with Crippen LogP contribution in [0.25, 0.3) is 0 Å². The van der Waals surface area contributed by atoms with Crippen molar-refractivity contribution >= 4 is 5.95 Å². The van der Waals surface area contributed by atoms with Crippen LogP contribution in [0.5, 0.6) is 0 Å². The number of hydrogen-bond donors (Lipinski definition) is 2. The Kier molecular flexibility index (Phi) is 2.41. The smallest absolute Gasteiger partial charge is 0.239 e. The summed E-state index contributed by atoms with van der Waals surface area (Å²) in [6.45, 7) is 0.959. The van der Waals surface area contributed by atoms with Crippen LogP contribution in [0.4, 0.5) is 5.95 Å². The molecular formula is C9H16N4O. The van der Waals surface area contributed by atoms with Crippen molar-refractivity contribution in [2.24, 2.45) is 5.41 Å². The molecule has 0 aliphatic heterocycles. The second-order valence-electron chi connectivity index (χ2n) is 4.17. The highest BCUT2D eigenvalue weighted by Gasteiger charge is 2.33. The molecule has 1 aromatic heterocycles. The van der Waals surface area contributed by atoms with Crippen molar-refractivity contribution in [2.45, 2.75) is 32.2 Å². The van der Waals surface area contributed by atoms with Crippen LogP contribution in [0.1, 0.15) is 25.7 Å². The average molecular weight is 196 g/mol. The minimum Gasteiger partial charge on any atom is -0.396 e. The molecule has 1 saturated carbocycles. The lowest BCUT2D eigenvalue weighted by Crippen LogP contribution is -2.28. The van der Waals surface area contributed by atoms with E-state index in [9.17, 15) is 5.11 Å². The molecule has 1 aliphatic rings. The zero-order chi connectivity index (χ0) is 10.0. The van der Waals surface area contributed by atoms with Gasteiger partial charge in [-0.05, 0) is 12.8 Å². The van der Waals surface area contributed by atoms with Crippen molar-refractivity contribution in [3.05, 3.63) is 6.33 Å². The third-order valence-corrected chi connectivity index (χ3v) is 3.05. The van der Waals surface area contributed by atoms with Crippen LogP contribution in [0.3, 0.4) is 0 Å². The van der Waals surface area contributed by atoms with Crippen molar-refractivity contribution in [3.8, 4) is 0 Å². The summed E-state index contributed by atoms with van der Waals surface area (Å²) >= 11 is 0. The Morgan fingerprint density at radius 3 is 2.71 bits per heavy atom. The molecule has 1 aliphatic carbocycles. The Bertz CT molecular complexity index is 304. The van der Waals surface area contributed by atoms with Gasteiger partial charge in [-0.1, -0.05) is 12.8 Å². The van der Waals surface area contributed by atoms with Crippen molar-refractivity contribution < 1.29 is 5.11 Å². The van der Waals surface area contributed by atoms with Crippen LogP contribution in [0, 0.1) is 5.41 Å². The minimum absolute atomic E-state index is 0.0140. The number of nitrogen functional groups attached to an aromatic ring is 1. The standard InChI is InChI=1S/C9H16N4O/c10-8-11-7-13(12-8)5-9(6-14)3-1-2-4-9/h7,14H,1-6H2,(H2,10,12). The van der Waals surface area contributed by atoms with Crippen LogP contribution >= 0.6 is 0 Å². The molecule has 0 bridgehead atoms. The Labute approximate surface area is 82.9 Å². The minimum atomic E-state index is 0.0140. The number of aliphatic hydroxyl groups excluding tert-OH is 1. The molecule has 0 amide bonds. The van der Waals surface area contributed by atoms with E-state index in [4.69, 9.17) is 5.73 Å². The van der Waals surface area contributed by atoms with E-state index in [2.05, 4.69) is 10.1 Å². The van der Waals surface area contributed by atoms with Crippen molar-refractivity contribution in [3.63, 3.8) is 0 Å². The maximum absolute atomic E-state index is 9.39. The lowest BCUT2D eigenvalue weighted by atomic mass is 9.87. The maximum Gasteiger partial charge on any atom is 0.239 e. The van der Waals surface area contributed by atoms with Gasteiger partial charge in [-0.25, -0.2) is 4.98 Å². The van der Waals surface area contributed by atoms with Gasteiger partial charge >= 0.3 is 0 Å². The summed E-state index contributed by atoms with van der Waals surface area (Å²) in [5.41, 5.74) is 5.45. The largest absolute Gasteiger partial charge is 0.396 e. The van der Waals surface area contributed by atoms with E-state index >= 15 is 0 Å². The van der Waals surface area contributed by atoms with E-state index in [1.54, 1.807) is 11.0 Å². The van der Waals surface area contributed by atoms with Crippen LogP contribution in [-0.2, 0) is 6.54 Å². The summed E-state index contributed by atoms with van der Waals surface area (Å²) in [7, 11) is 0. The van der Waals surface area contributed by atoms with Gasteiger partial charge in [0.05, 0.1) is 13.2 Å². The monoisotopic (exact) mass is 196 g/mol. The summed E-state index contributed by atoms with van der Waals surface area (Å²) in [5.74, 6) is 0.302. The quantitative estimate of drug-likeness (QED) is 0.734. The predicted octanol–water partition coefficient (Wildman–Crippen LogP) is 0.413. The highest BCUT2D eigenvalue weighted by atomic mass is 16.3. The number of nitrogens with two attached hydrogens (primary N) is 1. The predicted molar refractivity (Wildman–Crippen MR) is 52.4 cm³/mol. The highest BCUT2D eigenvalue weighted by molar-refractivity contribution is 5.09. The van der Waals surface area contributed by atoms with Gasteiger partial charge in [0.1, 0.15) is 6.33 Å².